The molecule has 1 aliphatic heterocycles. The fourth-order valence-corrected chi connectivity index (χ4v) is 3.86. The van der Waals surface area contributed by atoms with Gasteiger partial charge in [-0.3, -0.25) is 14.5 Å². The lowest BCUT2D eigenvalue weighted by Gasteiger charge is -2.14. The molecule has 0 aromatic heterocycles. The SMILES string of the molecule is Cc1ccc(C(N)C(=O)Nc2cccc(S(=O)(=O)NC3=NCCC3)c2)cc1. The highest BCUT2D eigenvalue weighted by Crippen LogP contribution is 2.19. The molecule has 0 spiro atoms. The average Bonchev–Trinajstić information content (AvgIpc) is 3.14. The second-order valence-corrected chi connectivity index (χ2v) is 8.13. The summed E-state index contributed by atoms with van der Waals surface area (Å²) in [6, 6.07) is 12.6. The van der Waals surface area contributed by atoms with Gasteiger partial charge in [0.05, 0.1) is 4.90 Å². The summed E-state index contributed by atoms with van der Waals surface area (Å²) in [5.74, 6) is 0.0485. The van der Waals surface area contributed by atoms with Crippen molar-refractivity contribution in [2.45, 2.75) is 30.7 Å². The molecule has 0 aliphatic carbocycles. The summed E-state index contributed by atoms with van der Waals surface area (Å²) in [7, 11) is -3.74. The fraction of sp³-hybridized carbons (Fsp3) is 0.263. The Morgan fingerprint density at radius 2 is 1.93 bits per heavy atom. The first-order valence-corrected chi connectivity index (χ1v) is 10.1. The van der Waals surface area contributed by atoms with Gasteiger partial charge in [0.2, 0.25) is 5.91 Å². The van der Waals surface area contributed by atoms with E-state index in [0.29, 0.717) is 30.1 Å². The average molecular weight is 386 g/mol. The van der Waals surface area contributed by atoms with Gasteiger partial charge >= 0.3 is 0 Å². The van der Waals surface area contributed by atoms with Crippen LogP contribution in [0.15, 0.2) is 58.4 Å². The summed E-state index contributed by atoms with van der Waals surface area (Å²) in [5.41, 5.74) is 8.13. The van der Waals surface area contributed by atoms with Crippen molar-refractivity contribution >= 4 is 27.5 Å². The van der Waals surface area contributed by atoms with E-state index >= 15 is 0 Å². The Labute approximate surface area is 158 Å². The highest BCUT2D eigenvalue weighted by Gasteiger charge is 2.20. The molecule has 0 saturated carbocycles. The lowest BCUT2D eigenvalue weighted by molar-refractivity contribution is -0.117. The molecule has 2 aromatic rings. The van der Waals surface area contributed by atoms with Crippen molar-refractivity contribution < 1.29 is 13.2 Å². The molecule has 3 rings (SSSR count). The number of hydrogen-bond donors (Lipinski definition) is 3. The number of carbonyl (C=O) groups excluding carboxylic acids is 1. The summed E-state index contributed by atoms with van der Waals surface area (Å²) in [5, 5.41) is 2.67. The molecular weight excluding hydrogens is 364 g/mol. The number of benzene rings is 2. The molecule has 27 heavy (non-hydrogen) atoms. The van der Waals surface area contributed by atoms with Gasteiger partial charge in [0, 0.05) is 18.7 Å². The molecule has 0 fully saturated rings. The molecule has 2 aromatic carbocycles. The van der Waals surface area contributed by atoms with Gasteiger partial charge in [-0.05, 0) is 37.1 Å². The quantitative estimate of drug-likeness (QED) is 0.730. The zero-order chi connectivity index (χ0) is 19.4. The molecule has 1 atom stereocenters. The van der Waals surface area contributed by atoms with Crippen LogP contribution in [-0.2, 0) is 14.8 Å². The highest BCUT2D eigenvalue weighted by molar-refractivity contribution is 7.90. The van der Waals surface area contributed by atoms with Crippen LogP contribution >= 0.6 is 0 Å². The summed E-state index contributed by atoms with van der Waals surface area (Å²) in [6.45, 7) is 2.58. The zero-order valence-electron chi connectivity index (χ0n) is 15.0. The van der Waals surface area contributed by atoms with Crippen molar-refractivity contribution in [2.75, 3.05) is 11.9 Å². The summed E-state index contributed by atoms with van der Waals surface area (Å²) in [6.07, 6.45) is 1.45. The molecule has 1 heterocycles. The lowest BCUT2D eigenvalue weighted by atomic mass is 10.1. The Morgan fingerprint density at radius 3 is 2.59 bits per heavy atom. The Balaban J connectivity index is 1.73. The van der Waals surface area contributed by atoms with Crippen molar-refractivity contribution in [3.63, 3.8) is 0 Å². The Bertz CT molecular complexity index is 969. The van der Waals surface area contributed by atoms with Crippen LogP contribution in [0.5, 0.6) is 0 Å². The molecule has 8 heteroatoms. The maximum absolute atomic E-state index is 12.5. The van der Waals surface area contributed by atoms with Gasteiger partial charge < -0.3 is 11.1 Å². The van der Waals surface area contributed by atoms with E-state index in [-0.39, 0.29) is 4.90 Å². The third-order valence-corrected chi connectivity index (χ3v) is 5.64. The molecule has 1 amide bonds. The molecule has 4 N–H and O–H groups in total. The van der Waals surface area contributed by atoms with Crippen LogP contribution in [0.25, 0.3) is 0 Å². The molecule has 0 saturated heterocycles. The van der Waals surface area contributed by atoms with Crippen LogP contribution in [0.2, 0.25) is 0 Å². The predicted molar refractivity (Wildman–Crippen MR) is 105 cm³/mol. The summed E-state index contributed by atoms with van der Waals surface area (Å²) < 4.78 is 27.5. The minimum atomic E-state index is -3.74. The Kier molecular flexibility index (Phi) is 5.57. The van der Waals surface area contributed by atoms with Crippen LogP contribution in [0.4, 0.5) is 5.69 Å². The van der Waals surface area contributed by atoms with Gasteiger partial charge in [-0.15, -0.1) is 0 Å². The minimum absolute atomic E-state index is 0.0545. The van der Waals surface area contributed by atoms with Gasteiger partial charge in [0.15, 0.2) is 0 Å². The molecule has 1 unspecified atom stereocenters. The highest BCUT2D eigenvalue weighted by atomic mass is 32.2. The number of amidine groups is 1. The number of aryl methyl sites for hydroxylation is 1. The van der Waals surface area contributed by atoms with E-state index in [1.54, 1.807) is 24.3 Å². The van der Waals surface area contributed by atoms with Gasteiger partial charge in [0.1, 0.15) is 11.9 Å². The molecule has 0 bridgehead atoms. The largest absolute Gasteiger partial charge is 0.324 e. The summed E-state index contributed by atoms with van der Waals surface area (Å²) in [4.78, 5) is 16.6. The van der Waals surface area contributed by atoms with Crippen LogP contribution in [0.1, 0.15) is 30.0 Å². The van der Waals surface area contributed by atoms with Crippen LogP contribution in [-0.4, -0.2) is 26.7 Å². The lowest BCUT2D eigenvalue weighted by Crippen LogP contribution is -2.30. The number of aliphatic imine (C=N–C) groups is 1. The summed E-state index contributed by atoms with van der Waals surface area (Å²) >= 11 is 0. The number of rotatable bonds is 5. The maximum atomic E-state index is 12.5. The van der Waals surface area contributed by atoms with E-state index in [1.807, 2.05) is 19.1 Å². The number of carbonyl (C=O) groups is 1. The third-order valence-electron chi connectivity index (χ3n) is 4.26. The first kappa shape index (κ1) is 19.1. The van der Waals surface area contributed by atoms with Gasteiger partial charge in [-0.1, -0.05) is 35.9 Å². The molecule has 0 radical (unpaired) electrons. The van der Waals surface area contributed by atoms with Crippen molar-refractivity contribution in [2.24, 2.45) is 10.7 Å². The first-order chi connectivity index (χ1) is 12.8. The van der Waals surface area contributed by atoms with E-state index < -0.39 is 22.0 Å². The number of nitrogens with two attached hydrogens (primary N) is 1. The monoisotopic (exact) mass is 386 g/mol. The van der Waals surface area contributed by atoms with Crippen molar-refractivity contribution in [3.8, 4) is 0 Å². The predicted octanol–water partition coefficient (Wildman–Crippen LogP) is 2.10. The van der Waals surface area contributed by atoms with Crippen molar-refractivity contribution in [1.82, 2.24) is 4.72 Å². The second kappa shape index (κ2) is 7.89. The molecule has 7 nitrogen and oxygen atoms in total. The number of sulfonamides is 1. The van der Waals surface area contributed by atoms with Crippen LogP contribution in [0, 0.1) is 6.92 Å². The molecule has 142 valence electrons. The fourth-order valence-electron chi connectivity index (χ4n) is 2.72. The first-order valence-electron chi connectivity index (χ1n) is 8.64. The zero-order valence-corrected chi connectivity index (χ0v) is 15.8. The van der Waals surface area contributed by atoms with E-state index in [1.165, 1.54) is 12.1 Å². The second-order valence-electron chi connectivity index (χ2n) is 6.44. The van der Waals surface area contributed by atoms with E-state index in [0.717, 1.165) is 12.0 Å². The molecule has 1 aliphatic rings. The number of nitrogens with zero attached hydrogens (tertiary/aromatic N) is 1. The van der Waals surface area contributed by atoms with Crippen molar-refractivity contribution in [1.29, 1.82) is 0 Å². The number of hydrogen-bond acceptors (Lipinski definition) is 5. The van der Waals surface area contributed by atoms with E-state index in [2.05, 4.69) is 15.0 Å². The normalized spacial score (nSPS) is 15.1. The topological polar surface area (TPSA) is 114 Å². The van der Waals surface area contributed by atoms with Gasteiger partial charge in [0.25, 0.3) is 10.0 Å². The third kappa shape index (κ3) is 4.72. The van der Waals surface area contributed by atoms with Crippen LogP contribution in [0.3, 0.4) is 0 Å². The number of amides is 1. The smallest absolute Gasteiger partial charge is 0.262 e. The minimum Gasteiger partial charge on any atom is -0.324 e. The standard InChI is InChI=1S/C19H22N4O3S/c1-13-7-9-14(10-8-13)18(20)19(24)22-15-4-2-5-16(12-15)27(25,26)23-17-6-3-11-21-17/h2,4-5,7-10,12,18H,3,6,11,20H2,1H3,(H,21,23)(H,22,24). The van der Waals surface area contributed by atoms with Gasteiger partial charge in [-0.25, -0.2) is 8.42 Å². The van der Waals surface area contributed by atoms with Crippen molar-refractivity contribution in [3.05, 3.63) is 59.7 Å². The van der Waals surface area contributed by atoms with Crippen LogP contribution < -0.4 is 15.8 Å². The maximum Gasteiger partial charge on any atom is 0.262 e. The number of anilines is 1. The van der Waals surface area contributed by atoms with E-state index in [4.69, 9.17) is 5.73 Å². The van der Waals surface area contributed by atoms with E-state index in [9.17, 15) is 13.2 Å². The Morgan fingerprint density at radius 1 is 1.19 bits per heavy atom. The molecular formula is C19H22N4O3S. The number of nitrogens with one attached hydrogen (secondary N) is 2. The Hall–Kier alpha value is -2.71. The van der Waals surface area contributed by atoms with Gasteiger partial charge in [-0.2, -0.15) is 0 Å².